The largest absolute Gasteiger partial charge is 0.494 e. The molecule has 2 aromatic rings. The van der Waals surface area contributed by atoms with Crippen LogP contribution in [0.2, 0.25) is 0 Å². The highest BCUT2D eigenvalue weighted by atomic mass is 31.1. The molecule has 176 valence electrons. The van der Waals surface area contributed by atoms with Crippen LogP contribution in [0.5, 0.6) is 11.5 Å². The van der Waals surface area contributed by atoms with Crippen LogP contribution < -0.4 is 9.47 Å². The van der Waals surface area contributed by atoms with Crippen LogP contribution in [0.25, 0.3) is 0 Å². The summed E-state index contributed by atoms with van der Waals surface area (Å²) in [5.41, 5.74) is -0.364. The third kappa shape index (κ3) is 6.56. The fourth-order valence-corrected chi connectivity index (χ4v) is 4.80. The highest BCUT2D eigenvalue weighted by Gasteiger charge is 2.38. The second-order valence-electron chi connectivity index (χ2n) is 7.47. The van der Waals surface area contributed by atoms with Crippen LogP contribution in [0, 0.1) is 17.5 Å². The van der Waals surface area contributed by atoms with E-state index >= 15 is 0 Å². The van der Waals surface area contributed by atoms with Crippen LogP contribution in [-0.2, 0) is 10.9 Å². The maximum Gasteiger partial charge on any atom is 0.228 e. The molecular formula is C22H26F3O6P. The lowest BCUT2D eigenvalue weighted by atomic mass is 10.0. The Morgan fingerprint density at radius 1 is 1.06 bits per heavy atom. The fourth-order valence-electron chi connectivity index (χ4n) is 3.39. The molecule has 0 amide bonds. The Labute approximate surface area is 185 Å². The molecule has 5 unspecified atom stereocenters. The number of aliphatic hydroxyl groups excluding tert-OH is 2. The number of halogens is 3. The molecule has 0 saturated carbocycles. The van der Waals surface area contributed by atoms with E-state index in [1.165, 1.54) is 0 Å². The zero-order chi connectivity index (χ0) is 23.3. The Balaban J connectivity index is 1.55. The normalized spacial score (nSPS) is 24.2. The van der Waals surface area contributed by atoms with Crippen molar-refractivity contribution in [2.24, 2.45) is 0 Å². The van der Waals surface area contributed by atoms with E-state index in [9.17, 15) is 28.3 Å². The second-order valence-corrected chi connectivity index (χ2v) is 9.24. The first-order chi connectivity index (χ1) is 15.3. The summed E-state index contributed by atoms with van der Waals surface area (Å²) in [5, 5.41) is 20.4. The molecule has 3 N–H and O–H groups in total. The third-order valence-electron chi connectivity index (χ3n) is 5.05. The van der Waals surface area contributed by atoms with E-state index in [0.717, 1.165) is 0 Å². The zero-order valence-corrected chi connectivity index (χ0v) is 18.4. The number of ether oxygens (including phenoxy) is 3. The van der Waals surface area contributed by atoms with Crippen molar-refractivity contribution in [3.05, 3.63) is 59.4 Å². The smallest absolute Gasteiger partial charge is 0.228 e. The number of benzene rings is 2. The lowest BCUT2D eigenvalue weighted by Gasteiger charge is -2.37. The number of hydrogen-bond acceptors (Lipinski definition) is 6. The molecule has 0 bridgehead atoms. The summed E-state index contributed by atoms with van der Waals surface area (Å²) in [7, 11) is -1.80. The van der Waals surface area contributed by atoms with Crippen molar-refractivity contribution in [1.82, 2.24) is 0 Å². The molecule has 6 nitrogen and oxygen atoms in total. The van der Waals surface area contributed by atoms with Gasteiger partial charge in [-0.15, -0.1) is 0 Å². The van der Waals surface area contributed by atoms with Gasteiger partial charge in [0.15, 0.2) is 0 Å². The maximum absolute atomic E-state index is 13.8. The molecule has 1 fully saturated rings. The first kappa shape index (κ1) is 24.7. The molecule has 0 aromatic heterocycles. The van der Waals surface area contributed by atoms with Gasteiger partial charge in [0.25, 0.3) is 0 Å². The quantitative estimate of drug-likeness (QED) is 0.481. The minimum Gasteiger partial charge on any atom is -0.494 e. The Morgan fingerprint density at radius 2 is 1.69 bits per heavy atom. The van der Waals surface area contributed by atoms with Crippen LogP contribution in [0.3, 0.4) is 0 Å². The lowest BCUT2D eigenvalue weighted by molar-refractivity contribution is -0.235. The highest BCUT2D eigenvalue weighted by molar-refractivity contribution is 7.50. The molecule has 1 heterocycles. The summed E-state index contributed by atoms with van der Waals surface area (Å²) < 4.78 is 57.4. The summed E-state index contributed by atoms with van der Waals surface area (Å²) >= 11 is 0. The summed E-state index contributed by atoms with van der Waals surface area (Å²) in [4.78, 5) is 10.3. The first-order valence-electron chi connectivity index (χ1n) is 10.2. The second kappa shape index (κ2) is 11.3. The predicted octanol–water partition coefficient (Wildman–Crippen LogP) is 3.70. The molecule has 1 saturated heterocycles. The first-order valence-corrected chi connectivity index (χ1v) is 11.9. The molecule has 10 heteroatoms. The summed E-state index contributed by atoms with van der Waals surface area (Å²) in [6.45, 7) is 2.38. The number of hydrogen-bond donors (Lipinski definition) is 3. The standard InChI is InChI=1S/C22H26F3O6P/c1-2-29-14-3-5-15(6-4-14)30-22-21(27)20(26)11-16(31-22)7-8-32(28)12-17-18(24)9-13(23)10-19(17)25/h3-6,9-10,16,20-22,26-28H,2,7-8,11-12H2,1H3. The number of rotatable bonds is 9. The van der Waals surface area contributed by atoms with Crippen LogP contribution in [0.1, 0.15) is 25.3 Å². The minimum atomic E-state index is -1.80. The fraction of sp³-hybridized carbons (Fsp3) is 0.455. The van der Waals surface area contributed by atoms with Crippen molar-refractivity contribution in [2.75, 3.05) is 12.8 Å². The van der Waals surface area contributed by atoms with Crippen molar-refractivity contribution >= 4 is 8.15 Å². The van der Waals surface area contributed by atoms with Gasteiger partial charge in [-0.1, -0.05) is 0 Å². The molecule has 0 radical (unpaired) electrons. The van der Waals surface area contributed by atoms with E-state index in [1.807, 2.05) is 6.92 Å². The Kier molecular flexibility index (Phi) is 8.73. The van der Waals surface area contributed by atoms with Crippen LogP contribution in [-0.4, -0.2) is 52.5 Å². The van der Waals surface area contributed by atoms with Crippen molar-refractivity contribution < 1.29 is 42.5 Å². The maximum atomic E-state index is 13.8. The third-order valence-corrected chi connectivity index (χ3v) is 6.50. The SMILES string of the molecule is CCOc1ccc(OC2OC(CCP(O)Cc3c(F)cc(F)cc3F)CC(O)C2O)cc1. The van der Waals surface area contributed by atoms with Crippen molar-refractivity contribution in [3.63, 3.8) is 0 Å². The average Bonchev–Trinajstić information content (AvgIpc) is 2.74. The molecule has 2 aromatic carbocycles. The molecule has 5 atom stereocenters. The van der Waals surface area contributed by atoms with Crippen molar-refractivity contribution in [1.29, 1.82) is 0 Å². The van der Waals surface area contributed by atoms with Crippen LogP contribution >= 0.6 is 8.15 Å². The minimum absolute atomic E-state index is 0.118. The molecule has 1 aliphatic rings. The molecule has 32 heavy (non-hydrogen) atoms. The van der Waals surface area contributed by atoms with Crippen molar-refractivity contribution in [3.8, 4) is 11.5 Å². The van der Waals surface area contributed by atoms with Gasteiger partial charge in [-0.25, -0.2) is 13.2 Å². The van der Waals surface area contributed by atoms with E-state index in [2.05, 4.69) is 0 Å². The monoisotopic (exact) mass is 474 g/mol. The summed E-state index contributed by atoms with van der Waals surface area (Å²) in [6, 6.07) is 7.85. The summed E-state index contributed by atoms with van der Waals surface area (Å²) in [5.74, 6) is -2.03. The van der Waals surface area contributed by atoms with Crippen LogP contribution in [0.4, 0.5) is 13.2 Å². The Bertz CT molecular complexity index is 861. The van der Waals surface area contributed by atoms with Crippen molar-refractivity contribution in [2.45, 2.75) is 50.5 Å². The summed E-state index contributed by atoms with van der Waals surface area (Å²) in [6.07, 6.45) is -3.73. The molecule has 0 spiro atoms. The van der Waals surface area contributed by atoms with Gasteiger partial charge in [0.1, 0.15) is 35.1 Å². The highest BCUT2D eigenvalue weighted by Crippen LogP contribution is 2.39. The topological polar surface area (TPSA) is 88.4 Å². The van der Waals surface area contributed by atoms with Gasteiger partial charge in [-0.3, -0.25) is 0 Å². The van der Waals surface area contributed by atoms with Crippen LogP contribution in [0.15, 0.2) is 36.4 Å². The van der Waals surface area contributed by atoms with Gasteiger partial charge in [-0.2, -0.15) is 0 Å². The molecule has 3 rings (SSSR count). The van der Waals surface area contributed by atoms with Gasteiger partial charge < -0.3 is 29.3 Å². The van der Waals surface area contributed by atoms with Gasteiger partial charge in [0, 0.05) is 38.4 Å². The zero-order valence-electron chi connectivity index (χ0n) is 17.5. The lowest BCUT2D eigenvalue weighted by Crippen LogP contribution is -2.51. The molecular weight excluding hydrogens is 448 g/mol. The van der Waals surface area contributed by atoms with E-state index < -0.39 is 50.2 Å². The predicted molar refractivity (Wildman–Crippen MR) is 112 cm³/mol. The molecule has 0 aliphatic carbocycles. The van der Waals surface area contributed by atoms with E-state index in [0.29, 0.717) is 30.2 Å². The van der Waals surface area contributed by atoms with Gasteiger partial charge in [0.2, 0.25) is 6.29 Å². The Hall–Kier alpha value is -1.90. The number of aliphatic hydroxyl groups is 2. The van der Waals surface area contributed by atoms with E-state index in [-0.39, 0.29) is 30.7 Å². The van der Waals surface area contributed by atoms with Gasteiger partial charge in [0.05, 0.1) is 18.8 Å². The van der Waals surface area contributed by atoms with Gasteiger partial charge >= 0.3 is 0 Å². The Morgan fingerprint density at radius 3 is 2.31 bits per heavy atom. The van der Waals surface area contributed by atoms with E-state index in [1.54, 1.807) is 24.3 Å². The van der Waals surface area contributed by atoms with Gasteiger partial charge in [-0.05, 0) is 43.8 Å². The average molecular weight is 474 g/mol. The van der Waals surface area contributed by atoms with E-state index in [4.69, 9.17) is 14.2 Å². The molecule has 1 aliphatic heterocycles.